The SMILES string of the molecule is CCCCCc1ccc[n+](=O)[nH]1. The third-order valence-electron chi connectivity index (χ3n) is 1.82. The van der Waals surface area contributed by atoms with E-state index in [-0.39, 0.29) is 0 Å². The zero-order valence-corrected chi connectivity index (χ0v) is 7.42. The number of H-pyrrole nitrogens is 1. The Balaban J connectivity index is 2.47. The van der Waals surface area contributed by atoms with Crippen LogP contribution in [0.4, 0.5) is 0 Å². The topological polar surface area (TPSA) is 38.8 Å². The van der Waals surface area contributed by atoms with Crippen molar-refractivity contribution in [3.05, 3.63) is 28.9 Å². The largest absolute Gasteiger partial charge is 0.257 e. The Bertz CT molecular complexity index is 280. The minimum absolute atomic E-state index is 0.737. The fourth-order valence-corrected chi connectivity index (χ4v) is 1.16. The van der Waals surface area contributed by atoms with Gasteiger partial charge in [-0.1, -0.05) is 19.8 Å². The molecule has 1 aromatic rings. The van der Waals surface area contributed by atoms with E-state index in [0.717, 1.165) is 23.1 Å². The van der Waals surface area contributed by atoms with Gasteiger partial charge in [-0.3, -0.25) is 0 Å². The minimum Gasteiger partial charge on any atom is -0.119 e. The Morgan fingerprint density at radius 1 is 1.50 bits per heavy atom. The van der Waals surface area contributed by atoms with E-state index in [1.807, 2.05) is 6.07 Å². The van der Waals surface area contributed by atoms with Gasteiger partial charge in [0.1, 0.15) is 0 Å². The van der Waals surface area contributed by atoms with E-state index in [1.165, 1.54) is 19.0 Å². The van der Waals surface area contributed by atoms with E-state index in [9.17, 15) is 4.91 Å². The Morgan fingerprint density at radius 3 is 3.00 bits per heavy atom. The van der Waals surface area contributed by atoms with Crippen LogP contribution in [0.15, 0.2) is 18.3 Å². The highest BCUT2D eigenvalue weighted by Crippen LogP contribution is 2.00. The summed E-state index contributed by atoms with van der Waals surface area (Å²) in [6.45, 7) is 2.17. The van der Waals surface area contributed by atoms with Gasteiger partial charge in [-0.25, -0.2) is 0 Å². The van der Waals surface area contributed by atoms with Crippen molar-refractivity contribution in [1.29, 1.82) is 0 Å². The molecule has 66 valence electrons. The molecule has 0 aliphatic carbocycles. The molecule has 0 aromatic carbocycles. The molecule has 0 saturated heterocycles. The van der Waals surface area contributed by atoms with E-state index in [1.54, 1.807) is 6.07 Å². The molecular formula is C9H15N2O+. The summed E-state index contributed by atoms with van der Waals surface area (Å²) in [7, 11) is 0. The lowest BCUT2D eigenvalue weighted by Crippen LogP contribution is -2.19. The average molecular weight is 167 g/mol. The molecule has 0 radical (unpaired) electrons. The number of aryl methyl sites for hydroxylation is 1. The van der Waals surface area contributed by atoms with E-state index < -0.39 is 0 Å². The van der Waals surface area contributed by atoms with Gasteiger partial charge in [-0.05, 0) is 18.9 Å². The molecule has 0 atom stereocenters. The van der Waals surface area contributed by atoms with Crippen molar-refractivity contribution in [1.82, 2.24) is 5.10 Å². The number of aromatic amines is 1. The number of nitrogens with one attached hydrogen (secondary N) is 1. The van der Waals surface area contributed by atoms with Gasteiger partial charge in [-0.15, -0.1) is 5.10 Å². The molecule has 0 spiro atoms. The molecule has 1 N–H and O–H groups in total. The van der Waals surface area contributed by atoms with E-state index in [0.29, 0.717) is 0 Å². The first-order valence-electron chi connectivity index (χ1n) is 4.43. The quantitative estimate of drug-likeness (QED) is 0.537. The predicted octanol–water partition coefficient (Wildman–Crippen LogP) is 1.66. The lowest BCUT2D eigenvalue weighted by Gasteiger charge is -1.94. The number of hydrogen-bond acceptors (Lipinski definition) is 1. The molecule has 0 aliphatic heterocycles. The monoisotopic (exact) mass is 167 g/mol. The Hall–Kier alpha value is -1.12. The first-order chi connectivity index (χ1) is 5.83. The van der Waals surface area contributed by atoms with Gasteiger partial charge in [0.25, 0.3) is 6.20 Å². The summed E-state index contributed by atoms with van der Waals surface area (Å²) >= 11 is 0. The van der Waals surface area contributed by atoms with Crippen molar-refractivity contribution < 1.29 is 4.54 Å². The molecule has 0 aliphatic rings. The molecule has 0 saturated carbocycles. The van der Waals surface area contributed by atoms with Crippen molar-refractivity contribution in [3.63, 3.8) is 0 Å². The van der Waals surface area contributed by atoms with Crippen LogP contribution < -0.4 is 4.54 Å². The average Bonchev–Trinajstić information content (AvgIpc) is 2.05. The molecule has 0 bridgehead atoms. The van der Waals surface area contributed by atoms with E-state index in [2.05, 4.69) is 12.0 Å². The van der Waals surface area contributed by atoms with Crippen molar-refractivity contribution >= 4 is 0 Å². The van der Waals surface area contributed by atoms with Crippen molar-refractivity contribution in [2.45, 2.75) is 32.6 Å². The van der Waals surface area contributed by atoms with Crippen LogP contribution >= 0.6 is 0 Å². The predicted molar refractivity (Wildman–Crippen MR) is 47.4 cm³/mol. The highest BCUT2D eigenvalue weighted by Gasteiger charge is 1.96. The summed E-state index contributed by atoms with van der Waals surface area (Å²) in [5.74, 6) is 0. The molecule has 1 rings (SSSR count). The van der Waals surface area contributed by atoms with Gasteiger partial charge < -0.3 is 0 Å². The number of unbranched alkanes of at least 4 members (excludes halogenated alkanes) is 2. The lowest BCUT2D eigenvalue weighted by atomic mass is 10.1. The molecule has 12 heavy (non-hydrogen) atoms. The summed E-state index contributed by atoms with van der Waals surface area (Å²) in [6.07, 6.45) is 6.02. The van der Waals surface area contributed by atoms with Crippen LogP contribution in [0.1, 0.15) is 31.9 Å². The fraction of sp³-hybridized carbons (Fsp3) is 0.556. The third kappa shape index (κ3) is 2.86. The van der Waals surface area contributed by atoms with Crippen molar-refractivity contribution in [3.8, 4) is 0 Å². The summed E-state index contributed by atoms with van der Waals surface area (Å²) < 4.78 is 0.737. The second-order valence-corrected chi connectivity index (χ2v) is 2.93. The summed E-state index contributed by atoms with van der Waals surface area (Å²) in [5.41, 5.74) is 1.01. The maximum atomic E-state index is 10.8. The van der Waals surface area contributed by atoms with Gasteiger partial charge >= 0.3 is 0 Å². The maximum absolute atomic E-state index is 10.8. The first-order valence-corrected chi connectivity index (χ1v) is 4.43. The number of rotatable bonds is 4. The Labute approximate surface area is 72.0 Å². The van der Waals surface area contributed by atoms with Gasteiger partial charge in [-0.2, -0.15) is 0 Å². The molecule has 0 amide bonds. The summed E-state index contributed by atoms with van der Waals surface area (Å²) in [6, 6.07) is 3.72. The van der Waals surface area contributed by atoms with Crippen LogP contribution in [0, 0.1) is 4.91 Å². The highest BCUT2D eigenvalue weighted by atomic mass is 16.3. The van der Waals surface area contributed by atoms with Crippen LogP contribution in [0.3, 0.4) is 0 Å². The Morgan fingerprint density at radius 2 is 2.33 bits per heavy atom. The number of hydrogen-bond donors (Lipinski definition) is 1. The smallest absolute Gasteiger partial charge is 0.119 e. The van der Waals surface area contributed by atoms with Gasteiger partial charge in [0, 0.05) is 6.07 Å². The third-order valence-corrected chi connectivity index (χ3v) is 1.82. The van der Waals surface area contributed by atoms with Crippen LogP contribution in [-0.2, 0) is 6.42 Å². The molecule has 1 aromatic heterocycles. The number of aromatic nitrogens is 2. The second-order valence-electron chi connectivity index (χ2n) is 2.93. The van der Waals surface area contributed by atoms with E-state index in [4.69, 9.17) is 0 Å². The molecule has 0 unspecified atom stereocenters. The van der Waals surface area contributed by atoms with Crippen LogP contribution in [-0.4, -0.2) is 5.10 Å². The molecular weight excluding hydrogens is 152 g/mol. The first kappa shape index (κ1) is 8.97. The highest BCUT2D eigenvalue weighted by molar-refractivity contribution is 4.96. The van der Waals surface area contributed by atoms with Crippen LogP contribution in [0.2, 0.25) is 0 Å². The molecule has 0 fully saturated rings. The fourth-order valence-electron chi connectivity index (χ4n) is 1.16. The number of nitrogens with zero attached hydrogens (tertiary/aromatic N) is 1. The molecule has 3 nitrogen and oxygen atoms in total. The van der Waals surface area contributed by atoms with Crippen molar-refractivity contribution in [2.24, 2.45) is 0 Å². The maximum Gasteiger partial charge on any atom is 0.257 e. The molecule has 1 heterocycles. The minimum atomic E-state index is 0.737. The van der Waals surface area contributed by atoms with E-state index >= 15 is 0 Å². The summed E-state index contributed by atoms with van der Waals surface area (Å²) in [4.78, 5) is 10.8. The molecule has 3 heteroatoms. The lowest BCUT2D eigenvalue weighted by molar-refractivity contribution is -0.565. The standard InChI is InChI=1S/C9H15N2O/c1-2-3-4-6-9-7-5-8-11(12)10-9/h5,7-8H,2-4,6H2,1H3,(H,10,12)/q+1. The van der Waals surface area contributed by atoms with Crippen molar-refractivity contribution in [2.75, 3.05) is 0 Å². The van der Waals surface area contributed by atoms with Gasteiger partial charge in [0.15, 0.2) is 4.54 Å². The van der Waals surface area contributed by atoms with Crippen LogP contribution in [0.25, 0.3) is 0 Å². The Kier molecular flexibility index (Phi) is 3.51. The zero-order valence-electron chi connectivity index (χ0n) is 7.42. The van der Waals surface area contributed by atoms with Crippen LogP contribution in [0.5, 0.6) is 0 Å². The summed E-state index contributed by atoms with van der Waals surface area (Å²) in [5, 5.41) is 2.73. The second kappa shape index (κ2) is 4.70. The van der Waals surface area contributed by atoms with Gasteiger partial charge in [0.2, 0.25) is 0 Å². The zero-order chi connectivity index (χ0) is 8.81. The normalized spacial score (nSPS) is 10.1. The van der Waals surface area contributed by atoms with Gasteiger partial charge in [0.05, 0.1) is 10.6 Å².